The average molecular weight is 472 g/mol. The first kappa shape index (κ1) is 22.8. The van der Waals surface area contributed by atoms with Crippen molar-refractivity contribution in [1.82, 2.24) is 14.5 Å². The molecule has 0 radical (unpaired) electrons. The third kappa shape index (κ3) is 4.88. The fourth-order valence-corrected chi connectivity index (χ4v) is 4.87. The normalized spacial score (nSPS) is 15.2. The van der Waals surface area contributed by atoms with Gasteiger partial charge in [0.1, 0.15) is 11.6 Å². The van der Waals surface area contributed by atoms with Gasteiger partial charge in [0.05, 0.1) is 17.8 Å². The lowest BCUT2D eigenvalue weighted by molar-refractivity contribution is -0.109. The summed E-state index contributed by atoms with van der Waals surface area (Å²) in [6.45, 7) is 0.854. The maximum absolute atomic E-state index is 14.2. The Labute approximate surface area is 194 Å². The summed E-state index contributed by atoms with van der Waals surface area (Å²) in [6.07, 6.45) is 4.74. The lowest BCUT2D eigenvalue weighted by Crippen LogP contribution is -2.23. The Hall–Kier alpha value is -3.33. The molecule has 1 atom stereocenters. The molecule has 0 saturated heterocycles. The Morgan fingerprint density at radius 1 is 1.24 bits per heavy atom. The van der Waals surface area contributed by atoms with Crippen molar-refractivity contribution in [3.05, 3.63) is 86.9 Å². The zero-order valence-electron chi connectivity index (χ0n) is 17.8. The van der Waals surface area contributed by atoms with Gasteiger partial charge in [0.15, 0.2) is 4.77 Å². The van der Waals surface area contributed by atoms with E-state index in [9.17, 15) is 18.4 Å². The minimum absolute atomic E-state index is 0.0780. The van der Waals surface area contributed by atoms with Gasteiger partial charge in [-0.25, -0.2) is 13.6 Å². The van der Waals surface area contributed by atoms with Crippen molar-refractivity contribution in [2.24, 2.45) is 0 Å². The number of halogens is 2. The first-order valence-electron chi connectivity index (χ1n) is 10.6. The Morgan fingerprint density at radius 2 is 2.00 bits per heavy atom. The maximum Gasteiger partial charge on any atom is 0.335 e. The predicted octanol–water partition coefficient (Wildman–Crippen LogP) is 4.21. The van der Waals surface area contributed by atoms with E-state index in [0.29, 0.717) is 54.5 Å². The number of nitrogens with zero attached hydrogens (tertiary/aromatic N) is 2. The average Bonchev–Trinajstić information content (AvgIpc) is 3.11. The van der Waals surface area contributed by atoms with E-state index in [4.69, 9.17) is 17.3 Å². The fraction of sp³-hybridized carbons (Fsp3) is 0.292. The Kier molecular flexibility index (Phi) is 6.69. The van der Waals surface area contributed by atoms with Gasteiger partial charge in [-0.1, -0.05) is 12.1 Å². The van der Waals surface area contributed by atoms with Gasteiger partial charge in [-0.3, -0.25) is 4.79 Å². The number of benzene rings is 2. The van der Waals surface area contributed by atoms with Crippen LogP contribution in [0.3, 0.4) is 0 Å². The van der Waals surface area contributed by atoms with E-state index >= 15 is 0 Å². The molecule has 2 N–H and O–H groups in total. The number of carboxylic acids is 1. The lowest BCUT2D eigenvalue weighted by Gasteiger charge is -2.27. The molecule has 1 aliphatic carbocycles. The molecular weight excluding hydrogens is 448 g/mol. The van der Waals surface area contributed by atoms with Crippen molar-refractivity contribution < 1.29 is 23.5 Å². The van der Waals surface area contributed by atoms with Gasteiger partial charge < -0.3 is 19.6 Å². The number of carboxylic acid groups (broad SMARTS) is 1. The lowest BCUT2D eigenvalue weighted by atomic mass is 9.87. The molecule has 1 aromatic heterocycles. The van der Waals surface area contributed by atoms with Crippen molar-refractivity contribution in [3.63, 3.8) is 0 Å². The molecule has 6 nitrogen and oxygen atoms in total. The molecule has 2 aromatic carbocycles. The first-order valence-corrected chi connectivity index (χ1v) is 11.0. The molecule has 4 rings (SSSR count). The minimum Gasteiger partial charge on any atom is -0.478 e. The molecule has 0 spiro atoms. The van der Waals surface area contributed by atoms with Crippen LogP contribution in [-0.2, 0) is 37.1 Å². The van der Waals surface area contributed by atoms with Gasteiger partial charge in [-0.2, -0.15) is 0 Å². The SMILES string of the molecule is O=CNCc1cn(CCc2ccc(C(=O)O)cc2)c(=S)n1[C@H]1CCc2c(F)cc(F)cc2C1. The predicted molar refractivity (Wildman–Crippen MR) is 121 cm³/mol. The minimum atomic E-state index is -0.970. The van der Waals surface area contributed by atoms with Crippen molar-refractivity contribution in [2.45, 2.75) is 44.8 Å². The third-order valence-corrected chi connectivity index (χ3v) is 6.51. The largest absolute Gasteiger partial charge is 0.478 e. The van der Waals surface area contributed by atoms with Gasteiger partial charge >= 0.3 is 5.97 Å². The summed E-state index contributed by atoms with van der Waals surface area (Å²) in [5.74, 6) is -2.08. The molecular formula is C24H23F2N3O3S. The number of imidazole rings is 1. The number of rotatable bonds is 8. The molecule has 0 fully saturated rings. The van der Waals surface area contributed by atoms with Crippen LogP contribution in [0, 0.1) is 16.4 Å². The molecule has 0 bridgehead atoms. The molecule has 1 aliphatic rings. The van der Waals surface area contributed by atoms with E-state index in [1.807, 2.05) is 15.3 Å². The number of carbonyl (C=O) groups is 2. The second-order valence-corrected chi connectivity index (χ2v) is 8.50. The zero-order valence-corrected chi connectivity index (χ0v) is 18.6. The van der Waals surface area contributed by atoms with Crippen LogP contribution < -0.4 is 5.32 Å². The topological polar surface area (TPSA) is 76.3 Å². The number of aromatic carboxylic acids is 1. The van der Waals surface area contributed by atoms with Crippen LogP contribution in [0.15, 0.2) is 42.6 Å². The van der Waals surface area contributed by atoms with Crippen LogP contribution in [0.5, 0.6) is 0 Å². The van der Waals surface area contributed by atoms with E-state index in [1.54, 1.807) is 24.3 Å². The third-order valence-electron chi connectivity index (χ3n) is 6.08. The van der Waals surface area contributed by atoms with Crippen LogP contribution >= 0.6 is 12.2 Å². The molecule has 0 saturated carbocycles. The standard InChI is InChI=1S/C24H23F2N3O3S/c25-18-9-17-10-19(5-6-21(17)22(26)11-18)29-20(12-27-14-30)13-28(24(29)33)8-7-15-1-3-16(4-2-15)23(31)32/h1-4,9,11,13-14,19H,5-8,10,12H2,(H,27,30)(H,31,32)/t19-/m0/s1. The van der Waals surface area contributed by atoms with Crippen LogP contribution in [0.1, 0.15) is 45.2 Å². The molecule has 1 heterocycles. The summed E-state index contributed by atoms with van der Waals surface area (Å²) >= 11 is 5.75. The zero-order chi connectivity index (χ0) is 23.5. The van der Waals surface area contributed by atoms with E-state index in [2.05, 4.69) is 5.32 Å². The summed E-state index contributed by atoms with van der Waals surface area (Å²) in [4.78, 5) is 21.9. The number of nitrogens with one attached hydrogen (secondary N) is 1. The van der Waals surface area contributed by atoms with Crippen LogP contribution in [0.2, 0.25) is 0 Å². The summed E-state index contributed by atoms with van der Waals surface area (Å²) in [7, 11) is 0. The first-order chi connectivity index (χ1) is 15.9. The van der Waals surface area contributed by atoms with Crippen LogP contribution in [0.4, 0.5) is 8.78 Å². The van der Waals surface area contributed by atoms with Crippen LogP contribution in [-0.4, -0.2) is 26.6 Å². The van der Waals surface area contributed by atoms with Gasteiger partial charge in [0, 0.05) is 24.8 Å². The quantitative estimate of drug-likeness (QED) is 0.381. The number of carbonyl (C=O) groups excluding carboxylic acids is 1. The summed E-state index contributed by atoms with van der Waals surface area (Å²) in [6, 6.07) is 8.92. The number of fused-ring (bicyclic) bond motifs is 1. The molecule has 1 amide bonds. The van der Waals surface area contributed by atoms with Gasteiger partial charge in [-0.15, -0.1) is 0 Å². The maximum atomic E-state index is 14.2. The Balaban J connectivity index is 1.59. The van der Waals surface area contributed by atoms with Gasteiger partial charge in [-0.05, 0) is 72.8 Å². The smallest absolute Gasteiger partial charge is 0.335 e. The van der Waals surface area contributed by atoms with Crippen molar-refractivity contribution in [1.29, 1.82) is 0 Å². The van der Waals surface area contributed by atoms with Gasteiger partial charge in [0.2, 0.25) is 6.41 Å². The van der Waals surface area contributed by atoms with E-state index in [-0.39, 0.29) is 18.2 Å². The Morgan fingerprint density at radius 3 is 2.70 bits per heavy atom. The van der Waals surface area contributed by atoms with E-state index in [1.165, 1.54) is 6.07 Å². The van der Waals surface area contributed by atoms with Gasteiger partial charge in [0.25, 0.3) is 0 Å². The van der Waals surface area contributed by atoms with E-state index < -0.39 is 17.6 Å². The van der Waals surface area contributed by atoms with Crippen molar-refractivity contribution in [3.8, 4) is 0 Å². The van der Waals surface area contributed by atoms with Crippen molar-refractivity contribution >= 4 is 24.6 Å². The molecule has 0 unspecified atom stereocenters. The highest BCUT2D eigenvalue weighted by atomic mass is 32.1. The number of hydrogen-bond donors (Lipinski definition) is 2. The fourth-order valence-electron chi connectivity index (χ4n) is 4.46. The molecule has 0 aliphatic heterocycles. The highest BCUT2D eigenvalue weighted by Crippen LogP contribution is 2.32. The second kappa shape index (κ2) is 9.66. The number of aryl methyl sites for hydroxylation is 2. The molecule has 3 aromatic rings. The molecule has 33 heavy (non-hydrogen) atoms. The summed E-state index contributed by atoms with van der Waals surface area (Å²) in [5, 5.41) is 11.7. The highest BCUT2D eigenvalue weighted by Gasteiger charge is 2.26. The Bertz CT molecular complexity index is 1250. The van der Waals surface area contributed by atoms with Crippen molar-refractivity contribution in [2.75, 3.05) is 0 Å². The molecule has 9 heteroatoms. The van der Waals surface area contributed by atoms with Crippen LogP contribution in [0.25, 0.3) is 0 Å². The monoisotopic (exact) mass is 471 g/mol. The second-order valence-electron chi connectivity index (χ2n) is 8.14. The summed E-state index contributed by atoms with van der Waals surface area (Å²) < 4.78 is 32.4. The molecule has 172 valence electrons. The van der Waals surface area contributed by atoms with E-state index in [0.717, 1.165) is 17.3 Å². The number of amides is 1. The number of aromatic nitrogens is 2. The number of hydrogen-bond acceptors (Lipinski definition) is 3. The highest BCUT2D eigenvalue weighted by molar-refractivity contribution is 7.71. The summed E-state index contributed by atoms with van der Waals surface area (Å²) in [5.41, 5.74) is 3.22.